The number of nitrogens with zero attached hydrogens (tertiary/aromatic N) is 1. The second-order valence-corrected chi connectivity index (χ2v) is 7.63. The largest absolute Gasteiger partial charge is 0.480 e. The second kappa shape index (κ2) is 6.97. The molecule has 0 bridgehead atoms. The number of carbonyl (C=O) groups excluding carboxylic acids is 2. The molecule has 0 atom stereocenters. The van der Waals surface area contributed by atoms with Gasteiger partial charge < -0.3 is 13.6 Å². The van der Waals surface area contributed by atoms with Crippen LogP contribution in [-0.4, -0.2) is 48.5 Å². The molecule has 0 spiro atoms. The molecule has 1 rings (SSSR count). The Balaban J connectivity index is 3.54. The van der Waals surface area contributed by atoms with Gasteiger partial charge in [-0.1, -0.05) is 0 Å². The molecule has 1 aromatic carbocycles. The molecule has 0 fully saturated rings. The molecule has 0 N–H and O–H groups in total. The van der Waals surface area contributed by atoms with Crippen LogP contribution in [0, 0.1) is 0 Å². The standard InChI is InChI=1S/C11H9F3NO8S2/c1-22-9(16)6-3-7(10(17)23-2)5-8(4-6)24(18,19)15-25(20,21)11(12,13)14/h3-5H,1-2H3/q-1. The molecular weight excluding hydrogens is 395 g/mol. The van der Waals surface area contributed by atoms with Crippen molar-refractivity contribution < 1.29 is 49.1 Å². The summed E-state index contributed by atoms with van der Waals surface area (Å²) in [5.41, 5.74) is -7.06. The van der Waals surface area contributed by atoms with E-state index in [1.165, 1.54) is 0 Å². The Hall–Kier alpha value is -2.19. The first kappa shape index (κ1) is 20.9. The van der Waals surface area contributed by atoms with Crippen molar-refractivity contribution >= 4 is 32.0 Å². The molecule has 0 aromatic heterocycles. The summed E-state index contributed by atoms with van der Waals surface area (Å²) in [5, 5.41) is 0. The van der Waals surface area contributed by atoms with Crippen molar-refractivity contribution in [3.8, 4) is 0 Å². The van der Waals surface area contributed by atoms with Gasteiger partial charge in [0.1, 0.15) is 10.0 Å². The quantitative estimate of drug-likeness (QED) is 0.668. The molecular formula is C11H9F3NO8S2-. The first-order chi connectivity index (χ1) is 11.2. The summed E-state index contributed by atoms with van der Waals surface area (Å²) in [7, 11) is -9.97. The lowest BCUT2D eigenvalue weighted by Crippen LogP contribution is -2.24. The van der Waals surface area contributed by atoms with Crippen molar-refractivity contribution in [1.29, 1.82) is 0 Å². The highest BCUT2D eigenvalue weighted by atomic mass is 32.3. The fourth-order valence-corrected chi connectivity index (χ4v) is 3.70. The van der Waals surface area contributed by atoms with Crippen LogP contribution in [0.5, 0.6) is 0 Å². The van der Waals surface area contributed by atoms with Gasteiger partial charge in [-0.25, -0.2) is 26.4 Å². The van der Waals surface area contributed by atoms with Crippen LogP contribution in [0.3, 0.4) is 0 Å². The molecule has 140 valence electrons. The van der Waals surface area contributed by atoms with Gasteiger partial charge in [0.25, 0.3) is 0 Å². The number of hydrogen-bond acceptors (Lipinski definition) is 8. The van der Waals surface area contributed by atoms with Crippen LogP contribution in [0.2, 0.25) is 0 Å². The minimum Gasteiger partial charge on any atom is -0.465 e. The number of sulfonamides is 2. The zero-order valence-corrected chi connectivity index (χ0v) is 14.0. The molecule has 0 aliphatic heterocycles. The Morgan fingerprint density at radius 2 is 1.32 bits per heavy atom. The average molecular weight is 404 g/mol. The predicted molar refractivity (Wildman–Crippen MR) is 74.6 cm³/mol. The smallest absolute Gasteiger partial charge is 0.465 e. The normalized spacial score (nSPS) is 12.5. The summed E-state index contributed by atoms with van der Waals surface area (Å²) in [6.07, 6.45) is 0. The average Bonchev–Trinajstić information content (AvgIpc) is 2.50. The summed E-state index contributed by atoms with van der Waals surface area (Å²) in [4.78, 5) is 21.9. The van der Waals surface area contributed by atoms with Gasteiger partial charge in [-0.05, 0) is 18.2 Å². The van der Waals surface area contributed by atoms with E-state index in [0.717, 1.165) is 20.3 Å². The molecule has 0 amide bonds. The summed E-state index contributed by atoms with van der Waals surface area (Å²) >= 11 is 0. The number of esters is 2. The fraction of sp³-hybridized carbons (Fsp3) is 0.273. The molecule has 0 unspecified atom stereocenters. The minimum atomic E-state index is -6.38. The van der Waals surface area contributed by atoms with E-state index in [1.807, 2.05) is 4.13 Å². The number of methoxy groups -OCH3 is 2. The van der Waals surface area contributed by atoms with Gasteiger partial charge in [0, 0.05) is 0 Å². The topological polar surface area (TPSA) is 135 Å². The SMILES string of the molecule is COC(=O)c1cc(C(=O)OC)cc(S(=O)(=O)[N-]S(=O)(=O)C(F)(F)F)c1. The molecule has 0 aliphatic carbocycles. The highest BCUT2D eigenvalue weighted by Gasteiger charge is 2.40. The van der Waals surface area contributed by atoms with Gasteiger partial charge in [0.15, 0.2) is 10.0 Å². The monoisotopic (exact) mass is 404 g/mol. The highest BCUT2D eigenvalue weighted by molar-refractivity contribution is 8.12. The van der Waals surface area contributed by atoms with Crippen molar-refractivity contribution in [2.45, 2.75) is 10.4 Å². The molecule has 25 heavy (non-hydrogen) atoms. The van der Waals surface area contributed by atoms with Crippen LogP contribution in [0.15, 0.2) is 23.1 Å². The molecule has 14 heteroatoms. The Kier molecular flexibility index (Phi) is 5.81. The first-order valence-electron chi connectivity index (χ1n) is 5.87. The molecule has 0 saturated heterocycles. The summed E-state index contributed by atoms with van der Waals surface area (Å²) in [5.74, 6) is -2.28. The van der Waals surface area contributed by atoms with E-state index < -0.39 is 53.5 Å². The van der Waals surface area contributed by atoms with Crippen LogP contribution in [0.4, 0.5) is 13.2 Å². The molecule has 9 nitrogen and oxygen atoms in total. The van der Waals surface area contributed by atoms with Crippen molar-refractivity contribution in [1.82, 2.24) is 0 Å². The van der Waals surface area contributed by atoms with E-state index in [0.29, 0.717) is 12.1 Å². The number of ether oxygens (including phenoxy) is 2. The van der Waals surface area contributed by atoms with Gasteiger partial charge in [0.05, 0.1) is 30.2 Å². The third kappa shape index (κ3) is 4.67. The van der Waals surface area contributed by atoms with Crippen LogP contribution < -0.4 is 0 Å². The van der Waals surface area contributed by atoms with E-state index in [2.05, 4.69) is 9.47 Å². The van der Waals surface area contributed by atoms with Gasteiger partial charge in [0.2, 0.25) is 0 Å². The first-order valence-corrected chi connectivity index (χ1v) is 8.75. The molecule has 0 saturated carbocycles. The third-order valence-electron chi connectivity index (χ3n) is 2.54. The number of hydrogen-bond donors (Lipinski definition) is 0. The zero-order chi connectivity index (χ0) is 19.6. The second-order valence-electron chi connectivity index (χ2n) is 4.20. The van der Waals surface area contributed by atoms with Crippen molar-refractivity contribution in [3.05, 3.63) is 33.5 Å². The van der Waals surface area contributed by atoms with Gasteiger partial charge in [-0.3, -0.25) is 0 Å². The summed E-state index contributed by atoms with van der Waals surface area (Å²) in [6, 6.07) is 1.85. The van der Waals surface area contributed by atoms with Crippen molar-refractivity contribution in [3.63, 3.8) is 0 Å². The summed E-state index contributed by atoms with van der Waals surface area (Å²) < 4.78 is 93.0. The molecule has 0 radical (unpaired) electrons. The summed E-state index contributed by atoms with van der Waals surface area (Å²) in [6.45, 7) is 0. The highest BCUT2D eigenvalue weighted by Crippen LogP contribution is 2.33. The van der Waals surface area contributed by atoms with E-state index >= 15 is 0 Å². The maximum Gasteiger partial charge on any atom is 0.480 e. The van der Waals surface area contributed by atoms with Crippen LogP contribution in [0.1, 0.15) is 20.7 Å². The minimum absolute atomic E-state index is 0.503. The lowest BCUT2D eigenvalue weighted by Gasteiger charge is -2.22. The van der Waals surface area contributed by atoms with Crippen LogP contribution in [0.25, 0.3) is 4.13 Å². The molecule has 0 aliphatic rings. The third-order valence-corrected chi connectivity index (χ3v) is 5.52. The van der Waals surface area contributed by atoms with E-state index in [9.17, 15) is 39.6 Å². The molecule has 0 heterocycles. The van der Waals surface area contributed by atoms with Crippen molar-refractivity contribution in [2.75, 3.05) is 14.2 Å². The molecule has 1 aromatic rings. The number of halogens is 3. The lowest BCUT2D eigenvalue weighted by molar-refractivity contribution is -0.0425. The van der Waals surface area contributed by atoms with E-state index in [4.69, 9.17) is 0 Å². The number of alkyl halides is 3. The Bertz CT molecular complexity index is 871. The van der Waals surface area contributed by atoms with Crippen LogP contribution >= 0.6 is 0 Å². The fourth-order valence-electron chi connectivity index (χ4n) is 1.43. The maximum absolute atomic E-state index is 12.3. The van der Waals surface area contributed by atoms with Crippen LogP contribution in [-0.2, 0) is 29.5 Å². The maximum atomic E-state index is 12.3. The zero-order valence-electron chi connectivity index (χ0n) is 12.4. The Labute approximate surface area is 139 Å². The Morgan fingerprint density at radius 3 is 1.64 bits per heavy atom. The number of carbonyl (C=O) groups is 2. The lowest BCUT2D eigenvalue weighted by atomic mass is 10.1. The van der Waals surface area contributed by atoms with E-state index in [1.54, 1.807) is 0 Å². The number of rotatable bonds is 5. The van der Waals surface area contributed by atoms with Crippen molar-refractivity contribution in [2.24, 2.45) is 0 Å². The number of benzene rings is 1. The van der Waals surface area contributed by atoms with E-state index in [-0.39, 0.29) is 0 Å². The Morgan fingerprint density at radius 1 is 0.920 bits per heavy atom. The van der Waals surface area contributed by atoms with Gasteiger partial charge in [-0.2, -0.15) is 13.2 Å². The van der Waals surface area contributed by atoms with Gasteiger partial charge >= 0.3 is 17.4 Å². The van der Waals surface area contributed by atoms with Gasteiger partial charge in [-0.15, -0.1) is 0 Å². The predicted octanol–water partition coefficient (Wildman–Crippen LogP) is 1.17.